The highest BCUT2D eigenvalue weighted by atomic mass is 16.3. The van der Waals surface area contributed by atoms with E-state index in [0.29, 0.717) is 18.1 Å². The number of rotatable bonds is 7. The van der Waals surface area contributed by atoms with Crippen LogP contribution in [-0.2, 0) is 0 Å². The molecule has 2 rings (SSSR count). The Morgan fingerprint density at radius 2 is 2.00 bits per heavy atom. The highest BCUT2D eigenvalue weighted by molar-refractivity contribution is 4.92. The second-order valence-electron chi connectivity index (χ2n) is 7.31. The monoisotopic (exact) mass is 282 g/mol. The van der Waals surface area contributed by atoms with Gasteiger partial charge in [-0.25, -0.2) is 0 Å². The number of aliphatic hydroxyl groups excluding tert-OH is 1. The number of likely N-dealkylation sites (tertiary alicyclic amines) is 1. The summed E-state index contributed by atoms with van der Waals surface area (Å²) >= 11 is 0. The summed E-state index contributed by atoms with van der Waals surface area (Å²) in [6, 6.07) is 0.428. The van der Waals surface area contributed by atoms with E-state index in [9.17, 15) is 5.11 Å². The van der Waals surface area contributed by atoms with Crippen LogP contribution in [0.2, 0.25) is 0 Å². The summed E-state index contributed by atoms with van der Waals surface area (Å²) in [6.45, 7) is 9.68. The van der Waals surface area contributed by atoms with E-state index in [1.807, 2.05) is 0 Å². The molecule has 3 heteroatoms. The Labute approximate surface area is 125 Å². The van der Waals surface area contributed by atoms with E-state index in [1.165, 1.54) is 64.6 Å². The lowest BCUT2D eigenvalue weighted by atomic mass is 9.70. The Balaban J connectivity index is 1.94. The summed E-state index contributed by atoms with van der Waals surface area (Å²) in [4.78, 5) is 2.57. The molecule has 1 aliphatic heterocycles. The molecule has 1 saturated carbocycles. The van der Waals surface area contributed by atoms with Crippen LogP contribution in [0.4, 0.5) is 0 Å². The van der Waals surface area contributed by atoms with E-state index in [2.05, 4.69) is 24.1 Å². The molecule has 0 amide bonds. The molecule has 0 aromatic carbocycles. The van der Waals surface area contributed by atoms with E-state index in [1.54, 1.807) is 0 Å². The third-order valence-corrected chi connectivity index (χ3v) is 5.51. The third kappa shape index (κ3) is 4.19. The van der Waals surface area contributed by atoms with E-state index in [4.69, 9.17) is 0 Å². The van der Waals surface area contributed by atoms with E-state index >= 15 is 0 Å². The zero-order valence-corrected chi connectivity index (χ0v) is 13.5. The first-order chi connectivity index (χ1) is 9.69. The van der Waals surface area contributed by atoms with Crippen LogP contribution < -0.4 is 5.32 Å². The minimum Gasteiger partial charge on any atom is -0.395 e. The first kappa shape index (κ1) is 16.3. The summed E-state index contributed by atoms with van der Waals surface area (Å²) in [7, 11) is 0. The maximum Gasteiger partial charge on any atom is 0.0586 e. The van der Waals surface area contributed by atoms with Crippen LogP contribution in [0, 0.1) is 11.3 Å². The van der Waals surface area contributed by atoms with E-state index < -0.39 is 0 Å². The predicted octanol–water partition coefficient (Wildman–Crippen LogP) is 2.64. The minimum absolute atomic E-state index is 0.342. The molecule has 0 aromatic rings. The van der Waals surface area contributed by atoms with Crippen LogP contribution in [0.25, 0.3) is 0 Å². The van der Waals surface area contributed by atoms with E-state index in [0.717, 1.165) is 12.5 Å². The van der Waals surface area contributed by atoms with Gasteiger partial charge in [-0.3, -0.25) is 4.90 Å². The van der Waals surface area contributed by atoms with Gasteiger partial charge in [0.1, 0.15) is 0 Å². The maximum absolute atomic E-state index is 9.55. The SMILES string of the molecule is CCCNCC1(CN2CCCC2CO)CCC(C)CC1. The Hall–Kier alpha value is -0.120. The molecule has 0 radical (unpaired) electrons. The molecule has 1 saturated heterocycles. The zero-order valence-electron chi connectivity index (χ0n) is 13.5. The van der Waals surface area contributed by atoms with Gasteiger partial charge in [-0.15, -0.1) is 0 Å². The Morgan fingerprint density at radius 1 is 1.25 bits per heavy atom. The molecule has 0 aromatic heterocycles. The summed E-state index contributed by atoms with van der Waals surface area (Å²) < 4.78 is 0. The average molecular weight is 282 g/mol. The van der Waals surface area contributed by atoms with Crippen LogP contribution in [0.1, 0.15) is 58.8 Å². The standard InChI is InChI=1S/C17H34N2O/c1-3-10-18-13-17(8-6-15(2)7-9-17)14-19-11-4-5-16(19)12-20/h15-16,18,20H,3-14H2,1-2H3. The van der Waals surface area contributed by atoms with Gasteiger partial charge < -0.3 is 10.4 Å². The van der Waals surface area contributed by atoms with Gasteiger partial charge in [0.15, 0.2) is 0 Å². The van der Waals surface area contributed by atoms with Gasteiger partial charge in [-0.1, -0.05) is 26.7 Å². The molecular weight excluding hydrogens is 248 g/mol. The number of nitrogens with one attached hydrogen (secondary N) is 1. The number of hydrogen-bond donors (Lipinski definition) is 2. The van der Waals surface area contributed by atoms with Crippen LogP contribution in [-0.4, -0.2) is 48.8 Å². The largest absolute Gasteiger partial charge is 0.395 e. The summed E-state index contributed by atoms with van der Waals surface area (Å²) in [5.74, 6) is 0.904. The van der Waals surface area contributed by atoms with Crippen molar-refractivity contribution in [1.29, 1.82) is 0 Å². The summed E-state index contributed by atoms with van der Waals surface area (Å²) in [5, 5.41) is 13.2. The van der Waals surface area contributed by atoms with Gasteiger partial charge in [0.2, 0.25) is 0 Å². The van der Waals surface area contributed by atoms with Crippen molar-refractivity contribution in [3.8, 4) is 0 Å². The highest BCUT2D eigenvalue weighted by Crippen LogP contribution is 2.40. The number of nitrogens with zero attached hydrogens (tertiary/aromatic N) is 1. The fourth-order valence-electron chi connectivity index (χ4n) is 4.04. The molecule has 0 spiro atoms. The van der Waals surface area contributed by atoms with Crippen LogP contribution in [0.5, 0.6) is 0 Å². The topological polar surface area (TPSA) is 35.5 Å². The third-order valence-electron chi connectivity index (χ3n) is 5.51. The molecule has 0 bridgehead atoms. The van der Waals surface area contributed by atoms with Crippen molar-refractivity contribution < 1.29 is 5.11 Å². The smallest absolute Gasteiger partial charge is 0.0586 e. The second kappa shape index (κ2) is 7.77. The van der Waals surface area contributed by atoms with Crippen molar-refractivity contribution in [3.63, 3.8) is 0 Å². The van der Waals surface area contributed by atoms with Gasteiger partial charge >= 0.3 is 0 Å². The molecule has 1 heterocycles. The molecule has 118 valence electrons. The van der Waals surface area contributed by atoms with Gasteiger partial charge in [-0.2, -0.15) is 0 Å². The molecule has 3 nitrogen and oxygen atoms in total. The van der Waals surface area contributed by atoms with Gasteiger partial charge in [0.25, 0.3) is 0 Å². The molecular formula is C17H34N2O. The van der Waals surface area contributed by atoms with Gasteiger partial charge in [0.05, 0.1) is 6.61 Å². The number of aliphatic hydroxyl groups is 1. The van der Waals surface area contributed by atoms with Crippen molar-refractivity contribution >= 4 is 0 Å². The lowest BCUT2D eigenvalue weighted by molar-refractivity contribution is 0.0634. The summed E-state index contributed by atoms with van der Waals surface area (Å²) in [5.41, 5.74) is 0.458. The maximum atomic E-state index is 9.55. The molecule has 1 atom stereocenters. The predicted molar refractivity (Wildman–Crippen MR) is 84.9 cm³/mol. The molecule has 20 heavy (non-hydrogen) atoms. The molecule has 1 unspecified atom stereocenters. The van der Waals surface area contributed by atoms with Crippen LogP contribution in [0.3, 0.4) is 0 Å². The van der Waals surface area contributed by atoms with Crippen LogP contribution >= 0.6 is 0 Å². The van der Waals surface area contributed by atoms with Crippen molar-refractivity contribution in [1.82, 2.24) is 10.2 Å². The van der Waals surface area contributed by atoms with Crippen molar-refractivity contribution in [2.75, 3.05) is 32.8 Å². The van der Waals surface area contributed by atoms with Crippen molar-refractivity contribution in [3.05, 3.63) is 0 Å². The van der Waals surface area contributed by atoms with E-state index in [-0.39, 0.29) is 0 Å². The van der Waals surface area contributed by atoms with Crippen molar-refractivity contribution in [2.24, 2.45) is 11.3 Å². The highest BCUT2D eigenvalue weighted by Gasteiger charge is 2.38. The fourth-order valence-corrected chi connectivity index (χ4v) is 4.04. The summed E-state index contributed by atoms with van der Waals surface area (Å²) in [6.07, 6.45) is 9.15. The van der Waals surface area contributed by atoms with Gasteiger partial charge in [-0.05, 0) is 56.5 Å². The molecule has 2 N–H and O–H groups in total. The number of hydrogen-bond acceptors (Lipinski definition) is 3. The quantitative estimate of drug-likeness (QED) is 0.705. The Bertz CT molecular complexity index is 274. The normalized spacial score (nSPS) is 35.5. The lowest BCUT2D eigenvalue weighted by Gasteiger charge is -2.43. The Kier molecular flexibility index (Phi) is 6.31. The fraction of sp³-hybridized carbons (Fsp3) is 1.00. The van der Waals surface area contributed by atoms with Crippen LogP contribution in [0.15, 0.2) is 0 Å². The van der Waals surface area contributed by atoms with Crippen molar-refractivity contribution in [2.45, 2.75) is 64.8 Å². The molecule has 2 fully saturated rings. The first-order valence-electron chi connectivity index (χ1n) is 8.75. The molecule has 1 aliphatic carbocycles. The second-order valence-corrected chi connectivity index (χ2v) is 7.31. The first-order valence-corrected chi connectivity index (χ1v) is 8.75. The molecule has 2 aliphatic rings. The Morgan fingerprint density at radius 3 is 2.65 bits per heavy atom. The van der Waals surface area contributed by atoms with Gasteiger partial charge in [0, 0.05) is 19.1 Å². The zero-order chi connectivity index (χ0) is 14.4. The minimum atomic E-state index is 0.342. The lowest BCUT2D eigenvalue weighted by Crippen LogP contribution is -2.48. The average Bonchev–Trinajstić information content (AvgIpc) is 2.89.